The van der Waals surface area contributed by atoms with E-state index < -0.39 is 0 Å². The second kappa shape index (κ2) is 6.06. The molecule has 1 heterocycles. The molecule has 5 heteroatoms. The first-order valence-electron chi connectivity index (χ1n) is 7.46. The zero-order valence-electron chi connectivity index (χ0n) is 12.1. The van der Waals surface area contributed by atoms with Crippen molar-refractivity contribution in [2.75, 3.05) is 5.75 Å². The van der Waals surface area contributed by atoms with E-state index in [4.69, 9.17) is 0 Å². The summed E-state index contributed by atoms with van der Waals surface area (Å²) >= 11 is 3.16. The van der Waals surface area contributed by atoms with E-state index in [0.29, 0.717) is 17.7 Å². The highest BCUT2D eigenvalue weighted by molar-refractivity contribution is 8.01. The minimum absolute atomic E-state index is 0.151. The SMILES string of the molecule is Cc1csc(SCC(=O)N[C@@H](C)[C@@H]2C[C@H]3CC[C@H]2C3)n1. The van der Waals surface area contributed by atoms with Crippen molar-refractivity contribution in [3.63, 3.8) is 0 Å². The van der Waals surface area contributed by atoms with Crippen molar-refractivity contribution in [2.24, 2.45) is 17.8 Å². The zero-order chi connectivity index (χ0) is 14.1. The van der Waals surface area contributed by atoms with Gasteiger partial charge >= 0.3 is 0 Å². The van der Waals surface area contributed by atoms with E-state index >= 15 is 0 Å². The van der Waals surface area contributed by atoms with Gasteiger partial charge in [-0.3, -0.25) is 4.79 Å². The van der Waals surface area contributed by atoms with Crippen molar-refractivity contribution in [3.8, 4) is 0 Å². The van der Waals surface area contributed by atoms with Gasteiger partial charge in [-0.15, -0.1) is 11.3 Å². The van der Waals surface area contributed by atoms with E-state index in [1.54, 1.807) is 23.1 Å². The van der Waals surface area contributed by atoms with Crippen LogP contribution in [0.25, 0.3) is 0 Å². The van der Waals surface area contributed by atoms with Gasteiger partial charge in [-0.05, 0) is 50.9 Å². The van der Waals surface area contributed by atoms with Gasteiger partial charge in [0.05, 0.1) is 5.75 Å². The van der Waals surface area contributed by atoms with Gasteiger partial charge < -0.3 is 5.32 Å². The van der Waals surface area contributed by atoms with Crippen molar-refractivity contribution >= 4 is 29.0 Å². The molecule has 0 aliphatic heterocycles. The molecule has 1 aromatic heterocycles. The maximum atomic E-state index is 12.0. The summed E-state index contributed by atoms with van der Waals surface area (Å²) in [5, 5.41) is 5.23. The summed E-state index contributed by atoms with van der Waals surface area (Å²) in [5.41, 5.74) is 1.04. The Bertz CT molecular complexity index is 488. The number of thioether (sulfide) groups is 1. The quantitative estimate of drug-likeness (QED) is 0.847. The molecule has 4 atom stereocenters. The fourth-order valence-corrected chi connectivity index (χ4v) is 5.50. The summed E-state index contributed by atoms with van der Waals surface area (Å²) in [7, 11) is 0. The van der Waals surface area contributed by atoms with Crippen LogP contribution in [-0.2, 0) is 4.79 Å². The Morgan fingerprint density at radius 1 is 1.55 bits per heavy atom. The summed E-state index contributed by atoms with van der Waals surface area (Å²) in [5.74, 6) is 3.16. The van der Waals surface area contributed by atoms with Gasteiger partial charge in [0.25, 0.3) is 0 Å². The molecule has 2 bridgehead atoms. The first-order chi connectivity index (χ1) is 9.61. The molecule has 110 valence electrons. The number of carbonyl (C=O) groups excluding carboxylic acids is 1. The maximum Gasteiger partial charge on any atom is 0.230 e. The molecule has 1 aromatic rings. The smallest absolute Gasteiger partial charge is 0.230 e. The van der Waals surface area contributed by atoms with Crippen LogP contribution in [0.2, 0.25) is 0 Å². The summed E-state index contributed by atoms with van der Waals surface area (Å²) in [6, 6.07) is 0.330. The lowest BCUT2D eigenvalue weighted by Gasteiger charge is -2.28. The standard InChI is InChI=1S/C15H22N2OS2/c1-9-7-19-15(16-9)20-8-14(18)17-10(2)13-6-11-3-4-12(13)5-11/h7,10-13H,3-6,8H2,1-2H3,(H,17,18)/t10-,11-,12-,13-/m0/s1. The number of fused-ring (bicyclic) bond motifs is 2. The third kappa shape index (κ3) is 3.19. The lowest BCUT2D eigenvalue weighted by atomic mass is 9.84. The van der Waals surface area contributed by atoms with E-state index in [-0.39, 0.29) is 5.91 Å². The van der Waals surface area contributed by atoms with Gasteiger partial charge in [-0.1, -0.05) is 18.2 Å². The minimum atomic E-state index is 0.151. The number of aromatic nitrogens is 1. The van der Waals surface area contributed by atoms with E-state index in [2.05, 4.69) is 17.2 Å². The number of thiazole rings is 1. The molecule has 1 N–H and O–H groups in total. The van der Waals surface area contributed by atoms with Crippen molar-refractivity contribution in [2.45, 2.75) is 49.9 Å². The Kier molecular flexibility index (Phi) is 4.36. The Labute approximate surface area is 128 Å². The van der Waals surface area contributed by atoms with Crippen molar-refractivity contribution < 1.29 is 4.79 Å². The van der Waals surface area contributed by atoms with Crippen molar-refractivity contribution in [3.05, 3.63) is 11.1 Å². The molecule has 2 aliphatic rings. The van der Waals surface area contributed by atoms with Crippen LogP contribution in [0.4, 0.5) is 0 Å². The Morgan fingerprint density at radius 2 is 2.40 bits per heavy atom. The van der Waals surface area contributed by atoms with Crippen LogP contribution in [0, 0.1) is 24.7 Å². The third-order valence-electron chi connectivity index (χ3n) is 4.75. The van der Waals surface area contributed by atoms with Gasteiger partial charge in [-0.2, -0.15) is 0 Å². The second-order valence-electron chi connectivity index (χ2n) is 6.24. The highest BCUT2D eigenvalue weighted by Crippen LogP contribution is 2.49. The molecule has 0 aromatic carbocycles. The molecular weight excluding hydrogens is 288 g/mol. The highest BCUT2D eigenvalue weighted by atomic mass is 32.2. The van der Waals surface area contributed by atoms with Crippen molar-refractivity contribution in [1.29, 1.82) is 0 Å². The van der Waals surface area contributed by atoms with Crippen molar-refractivity contribution in [1.82, 2.24) is 10.3 Å². The molecule has 3 nitrogen and oxygen atoms in total. The fraction of sp³-hybridized carbons (Fsp3) is 0.733. The largest absolute Gasteiger partial charge is 0.353 e. The maximum absolute atomic E-state index is 12.0. The van der Waals surface area contributed by atoms with Gasteiger partial charge in [-0.25, -0.2) is 4.98 Å². The van der Waals surface area contributed by atoms with Crippen LogP contribution in [0.1, 0.15) is 38.3 Å². The van der Waals surface area contributed by atoms with E-state index in [0.717, 1.165) is 21.9 Å². The zero-order valence-corrected chi connectivity index (χ0v) is 13.7. The van der Waals surface area contributed by atoms with E-state index in [1.165, 1.54) is 25.7 Å². The number of hydrogen-bond donors (Lipinski definition) is 1. The third-order valence-corrected chi connectivity index (χ3v) is 6.89. The molecule has 0 radical (unpaired) electrons. The topological polar surface area (TPSA) is 42.0 Å². The molecule has 2 aliphatic carbocycles. The normalized spacial score (nSPS) is 29.6. The number of carbonyl (C=O) groups is 1. The molecule has 20 heavy (non-hydrogen) atoms. The molecule has 0 spiro atoms. The summed E-state index contributed by atoms with van der Waals surface area (Å²) in [4.78, 5) is 16.4. The monoisotopic (exact) mass is 310 g/mol. The Balaban J connectivity index is 1.44. The van der Waals surface area contributed by atoms with Crippen LogP contribution in [0.3, 0.4) is 0 Å². The van der Waals surface area contributed by atoms with Gasteiger partial charge in [0.15, 0.2) is 4.34 Å². The van der Waals surface area contributed by atoms with E-state index in [1.807, 2.05) is 12.3 Å². The summed E-state index contributed by atoms with van der Waals surface area (Å²) in [6.45, 7) is 4.17. The lowest BCUT2D eigenvalue weighted by Crippen LogP contribution is -2.40. The van der Waals surface area contributed by atoms with Gasteiger partial charge in [0.2, 0.25) is 5.91 Å². The average Bonchev–Trinajstić information content (AvgIpc) is 3.12. The lowest BCUT2D eigenvalue weighted by molar-refractivity contribution is -0.119. The molecular formula is C15H22N2OS2. The summed E-state index contributed by atoms with van der Waals surface area (Å²) < 4.78 is 0.991. The number of nitrogens with one attached hydrogen (secondary N) is 1. The van der Waals surface area contributed by atoms with Gasteiger partial charge in [0.1, 0.15) is 0 Å². The number of hydrogen-bond acceptors (Lipinski definition) is 4. The van der Waals surface area contributed by atoms with Crippen LogP contribution < -0.4 is 5.32 Å². The minimum Gasteiger partial charge on any atom is -0.353 e. The van der Waals surface area contributed by atoms with Crippen LogP contribution in [0.5, 0.6) is 0 Å². The Hall–Kier alpha value is -0.550. The van der Waals surface area contributed by atoms with Crippen LogP contribution in [0.15, 0.2) is 9.72 Å². The molecule has 2 saturated carbocycles. The van der Waals surface area contributed by atoms with Crippen LogP contribution in [-0.4, -0.2) is 22.7 Å². The molecule has 0 unspecified atom stereocenters. The second-order valence-corrected chi connectivity index (χ2v) is 8.32. The number of aryl methyl sites for hydroxylation is 1. The van der Waals surface area contributed by atoms with Gasteiger partial charge in [0, 0.05) is 17.1 Å². The predicted octanol–water partition coefficient (Wildman–Crippen LogP) is 3.48. The fourth-order valence-electron chi connectivity index (χ4n) is 3.83. The van der Waals surface area contributed by atoms with E-state index in [9.17, 15) is 4.79 Å². The number of nitrogens with zero attached hydrogens (tertiary/aromatic N) is 1. The number of rotatable bonds is 5. The first-order valence-corrected chi connectivity index (χ1v) is 9.32. The first kappa shape index (κ1) is 14.4. The summed E-state index contributed by atoms with van der Waals surface area (Å²) in [6.07, 6.45) is 5.52. The molecule has 2 fully saturated rings. The van der Waals surface area contributed by atoms with Crippen LogP contribution >= 0.6 is 23.1 Å². The Morgan fingerprint density at radius 3 is 3.00 bits per heavy atom. The molecule has 1 amide bonds. The number of amides is 1. The highest BCUT2D eigenvalue weighted by Gasteiger charge is 2.42. The average molecular weight is 310 g/mol. The predicted molar refractivity (Wildman–Crippen MR) is 84.1 cm³/mol. The molecule has 3 rings (SSSR count). The molecule has 0 saturated heterocycles.